The molecular formula is C22H32N4. The molecule has 0 aliphatic rings. The molecule has 0 saturated carbocycles. The van der Waals surface area contributed by atoms with Crippen molar-refractivity contribution in [2.24, 2.45) is 0 Å². The first-order valence-corrected chi connectivity index (χ1v) is 10.1. The number of rotatable bonds is 10. The number of aryl methyl sites for hydroxylation is 1. The highest BCUT2D eigenvalue weighted by atomic mass is 15.1. The van der Waals surface area contributed by atoms with Crippen LogP contribution in [0.15, 0.2) is 36.5 Å². The second-order valence-corrected chi connectivity index (χ2v) is 6.88. The molecule has 0 fully saturated rings. The van der Waals surface area contributed by atoms with Crippen LogP contribution in [0.4, 0.5) is 0 Å². The Bertz CT molecular complexity index is 833. The normalized spacial score (nSPS) is 11.8. The summed E-state index contributed by atoms with van der Waals surface area (Å²) < 4.78 is 2.47. The van der Waals surface area contributed by atoms with Crippen molar-refractivity contribution < 1.29 is 0 Å². The first kappa shape index (κ1) is 18.9. The average molecular weight is 353 g/mol. The van der Waals surface area contributed by atoms with Gasteiger partial charge in [0.25, 0.3) is 0 Å². The van der Waals surface area contributed by atoms with Gasteiger partial charge in [0, 0.05) is 48.7 Å². The summed E-state index contributed by atoms with van der Waals surface area (Å²) in [5.41, 5.74) is 3.79. The summed E-state index contributed by atoms with van der Waals surface area (Å²) in [6.07, 6.45) is 4.35. The van der Waals surface area contributed by atoms with Crippen LogP contribution in [0, 0.1) is 0 Å². The molecule has 2 heterocycles. The number of benzene rings is 1. The third-order valence-corrected chi connectivity index (χ3v) is 5.28. The fourth-order valence-corrected chi connectivity index (χ4v) is 3.73. The van der Waals surface area contributed by atoms with Crippen molar-refractivity contribution in [2.75, 3.05) is 26.2 Å². The minimum absolute atomic E-state index is 0.820. The minimum atomic E-state index is 0.820. The third kappa shape index (κ3) is 3.92. The van der Waals surface area contributed by atoms with E-state index in [0.29, 0.717) is 0 Å². The number of aromatic nitrogens is 2. The molecule has 0 atom stereocenters. The van der Waals surface area contributed by atoms with Crippen LogP contribution in [0.5, 0.6) is 0 Å². The number of para-hydroxylation sites is 1. The third-order valence-electron chi connectivity index (χ3n) is 5.28. The van der Waals surface area contributed by atoms with Gasteiger partial charge in [-0.1, -0.05) is 45.4 Å². The lowest BCUT2D eigenvalue weighted by molar-refractivity contribution is 0.302. The van der Waals surface area contributed by atoms with Crippen molar-refractivity contribution in [3.05, 3.63) is 42.2 Å². The molecule has 0 radical (unpaired) electrons. The van der Waals surface area contributed by atoms with Gasteiger partial charge in [0.05, 0.1) is 11.2 Å². The van der Waals surface area contributed by atoms with E-state index in [9.17, 15) is 0 Å². The molecule has 140 valence electrons. The van der Waals surface area contributed by atoms with Crippen LogP contribution in [-0.4, -0.2) is 40.6 Å². The largest absolute Gasteiger partial charge is 0.339 e. The van der Waals surface area contributed by atoms with Gasteiger partial charge in [-0.15, -0.1) is 0 Å². The second-order valence-electron chi connectivity index (χ2n) is 6.88. The summed E-state index contributed by atoms with van der Waals surface area (Å²) in [7, 11) is 0. The number of fused-ring (bicyclic) bond motifs is 3. The zero-order valence-corrected chi connectivity index (χ0v) is 16.5. The molecule has 0 aliphatic heterocycles. The van der Waals surface area contributed by atoms with Gasteiger partial charge in [-0.05, 0) is 31.6 Å². The lowest BCUT2D eigenvalue weighted by Crippen LogP contribution is -2.31. The molecule has 3 rings (SSSR count). The zero-order valence-electron chi connectivity index (χ0n) is 16.5. The van der Waals surface area contributed by atoms with Gasteiger partial charge in [0.1, 0.15) is 0 Å². The lowest BCUT2D eigenvalue weighted by Gasteiger charge is -2.18. The van der Waals surface area contributed by atoms with Gasteiger partial charge < -0.3 is 14.8 Å². The molecule has 0 saturated heterocycles. The van der Waals surface area contributed by atoms with E-state index in [0.717, 1.165) is 45.0 Å². The van der Waals surface area contributed by atoms with Gasteiger partial charge in [-0.25, -0.2) is 0 Å². The fourth-order valence-electron chi connectivity index (χ4n) is 3.73. The highest BCUT2D eigenvalue weighted by Crippen LogP contribution is 2.30. The Morgan fingerprint density at radius 1 is 1.04 bits per heavy atom. The molecule has 1 N–H and O–H groups in total. The molecular weight excluding hydrogens is 320 g/mol. The quantitative estimate of drug-likeness (QED) is 0.548. The number of pyridine rings is 1. The Balaban J connectivity index is 1.88. The number of nitrogens with zero attached hydrogens (tertiary/aromatic N) is 3. The number of unbranched alkanes of at least 4 members (excludes halogenated alkanes) is 1. The number of hydrogen-bond donors (Lipinski definition) is 1. The van der Waals surface area contributed by atoms with Crippen LogP contribution in [0.1, 0.15) is 39.3 Å². The van der Waals surface area contributed by atoms with Crippen LogP contribution in [0.3, 0.4) is 0 Å². The lowest BCUT2D eigenvalue weighted by atomic mass is 10.1. The number of nitrogens with one attached hydrogen (secondary N) is 1. The standard InChI is InChI=1S/C22H32N4/c1-4-7-15-26-21-11-9-8-10-18(21)19-12-13-24-20(22(19)26)17-23-14-16-25(5-2)6-3/h8-13,23H,4-7,14-17H2,1-3H3. The van der Waals surface area contributed by atoms with Crippen LogP contribution in [0.2, 0.25) is 0 Å². The summed E-state index contributed by atoms with van der Waals surface area (Å²) in [5, 5.41) is 6.27. The molecule has 4 heteroatoms. The summed E-state index contributed by atoms with van der Waals surface area (Å²) in [5.74, 6) is 0. The van der Waals surface area contributed by atoms with Crippen LogP contribution in [-0.2, 0) is 13.1 Å². The highest BCUT2D eigenvalue weighted by Gasteiger charge is 2.14. The van der Waals surface area contributed by atoms with Gasteiger partial charge >= 0.3 is 0 Å². The molecule has 1 aromatic carbocycles. The number of hydrogen-bond acceptors (Lipinski definition) is 3. The summed E-state index contributed by atoms with van der Waals surface area (Å²) in [6.45, 7) is 12.9. The highest BCUT2D eigenvalue weighted by molar-refractivity contribution is 6.08. The van der Waals surface area contributed by atoms with E-state index in [4.69, 9.17) is 4.98 Å². The molecule has 4 nitrogen and oxygen atoms in total. The van der Waals surface area contributed by atoms with Gasteiger partial charge in [-0.3, -0.25) is 4.98 Å². The van der Waals surface area contributed by atoms with Crippen molar-refractivity contribution in [1.29, 1.82) is 0 Å². The first-order chi connectivity index (χ1) is 12.8. The summed E-state index contributed by atoms with van der Waals surface area (Å²) in [4.78, 5) is 7.17. The predicted octanol–water partition coefficient (Wildman–Crippen LogP) is 4.42. The minimum Gasteiger partial charge on any atom is -0.339 e. The van der Waals surface area contributed by atoms with E-state index in [1.54, 1.807) is 0 Å². The average Bonchev–Trinajstić information content (AvgIpc) is 3.01. The Morgan fingerprint density at radius 2 is 1.85 bits per heavy atom. The molecule has 26 heavy (non-hydrogen) atoms. The molecule has 0 spiro atoms. The monoisotopic (exact) mass is 352 g/mol. The Labute approximate surface area is 157 Å². The van der Waals surface area contributed by atoms with Crippen molar-refractivity contribution >= 4 is 21.8 Å². The van der Waals surface area contributed by atoms with Crippen molar-refractivity contribution in [3.63, 3.8) is 0 Å². The van der Waals surface area contributed by atoms with E-state index < -0.39 is 0 Å². The Morgan fingerprint density at radius 3 is 2.62 bits per heavy atom. The maximum Gasteiger partial charge on any atom is 0.0784 e. The van der Waals surface area contributed by atoms with Crippen LogP contribution < -0.4 is 5.32 Å². The van der Waals surface area contributed by atoms with E-state index in [1.165, 1.54) is 34.6 Å². The maximum atomic E-state index is 4.73. The topological polar surface area (TPSA) is 33.1 Å². The maximum absolute atomic E-state index is 4.73. The summed E-state index contributed by atoms with van der Waals surface area (Å²) in [6, 6.07) is 10.9. The van der Waals surface area contributed by atoms with E-state index in [1.807, 2.05) is 6.20 Å². The first-order valence-electron chi connectivity index (χ1n) is 10.1. The predicted molar refractivity (Wildman–Crippen MR) is 112 cm³/mol. The van der Waals surface area contributed by atoms with Gasteiger partial charge in [-0.2, -0.15) is 0 Å². The van der Waals surface area contributed by atoms with Crippen molar-refractivity contribution in [2.45, 2.75) is 46.7 Å². The molecule has 0 bridgehead atoms. The molecule has 0 unspecified atom stereocenters. The van der Waals surface area contributed by atoms with Crippen molar-refractivity contribution in [3.8, 4) is 0 Å². The SMILES string of the molecule is CCCCn1c2ccccc2c2ccnc(CNCCN(CC)CC)c21. The molecule has 2 aromatic heterocycles. The van der Waals surface area contributed by atoms with E-state index in [2.05, 4.69) is 65.9 Å². The van der Waals surface area contributed by atoms with Crippen LogP contribution in [0.25, 0.3) is 21.8 Å². The van der Waals surface area contributed by atoms with Crippen LogP contribution >= 0.6 is 0 Å². The number of likely N-dealkylation sites (N-methyl/N-ethyl adjacent to an activating group) is 1. The Kier molecular flexibility index (Phi) is 6.64. The summed E-state index contributed by atoms with van der Waals surface area (Å²) >= 11 is 0. The second kappa shape index (κ2) is 9.15. The molecule has 3 aromatic rings. The smallest absolute Gasteiger partial charge is 0.0784 e. The van der Waals surface area contributed by atoms with Gasteiger partial charge in [0.2, 0.25) is 0 Å². The fraction of sp³-hybridized carbons (Fsp3) is 0.500. The Hall–Kier alpha value is -1.91. The molecule has 0 aliphatic carbocycles. The van der Waals surface area contributed by atoms with E-state index >= 15 is 0 Å². The van der Waals surface area contributed by atoms with Crippen molar-refractivity contribution in [1.82, 2.24) is 19.8 Å². The van der Waals surface area contributed by atoms with E-state index in [-0.39, 0.29) is 0 Å². The molecule has 0 amide bonds. The zero-order chi connectivity index (χ0) is 18.4. The van der Waals surface area contributed by atoms with Gasteiger partial charge in [0.15, 0.2) is 0 Å².